The van der Waals surface area contributed by atoms with E-state index < -0.39 is 0 Å². The molecule has 2 heterocycles. The summed E-state index contributed by atoms with van der Waals surface area (Å²) in [5, 5.41) is 3.35. The first kappa shape index (κ1) is 8.59. The maximum atomic E-state index is 5.24. The van der Waals surface area contributed by atoms with E-state index in [1.807, 2.05) is 6.07 Å². The summed E-state index contributed by atoms with van der Waals surface area (Å²) in [4.78, 5) is 8.25. The maximum absolute atomic E-state index is 5.24. The molecule has 1 atom stereocenters. The Morgan fingerprint density at radius 2 is 2.31 bits per heavy atom. The molecular weight excluding hydrogens is 166 g/mol. The number of hydrogen-bond acceptors (Lipinski definition) is 4. The van der Waals surface area contributed by atoms with E-state index in [1.54, 1.807) is 12.4 Å². The SMILES string of the molecule is c1cnc(CNC2CCOC2)nc1. The number of aromatic nitrogens is 2. The molecule has 0 aliphatic carbocycles. The van der Waals surface area contributed by atoms with Gasteiger partial charge in [0.05, 0.1) is 13.2 Å². The van der Waals surface area contributed by atoms with Gasteiger partial charge in [0.15, 0.2) is 0 Å². The molecule has 1 aromatic rings. The summed E-state index contributed by atoms with van der Waals surface area (Å²) >= 11 is 0. The molecule has 1 unspecified atom stereocenters. The van der Waals surface area contributed by atoms with Crippen LogP contribution in [0.5, 0.6) is 0 Å². The third-order valence-corrected chi connectivity index (χ3v) is 2.10. The Morgan fingerprint density at radius 3 is 3.00 bits per heavy atom. The topological polar surface area (TPSA) is 47.0 Å². The van der Waals surface area contributed by atoms with Gasteiger partial charge in [-0.25, -0.2) is 9.97 Å². The molecule has 70 valence electrons. The summed E-state index contributed by atoms with van der Waals surface area (Å²) in [6, 6.07) is 2.30. The molecule has 1 aliphatic heterocycles. The number of rotatable bonds is 3. The van der Waals surface area contributed by atoms with Crippen LogP contribution in [0.15, 0.2) is 18.5 Å². The Hall–Kier alpha value is -1.00. The molecule has 0 radical (unpaired) electrons. The minimum atomic E-state index is 0.476. The maximum Gasteiger partial charge on any atom is 0.141 e. The molecule has 1 fully saturated rings. The van der Waals surface area contributed by atoms with Crippen LogP contribution in [0.4, 0.5) is 0 Å². The molecule has 4 heteroatoms. The molecule has 1 saturated heterocycles. The third-order valence-electron chi connectivity index (χ3n) is 2.10. The van der Waals surface area contributed by atoms with Crippen molar-refractivity contribution in [3.8, 4) is 0 Å². The van der Waals surface area contributed by atoms with Crippen LogP contribution >= 0.6 is 0 Å². The van der Waals surface area contributed by atoms with Gasteiger partial charge in [-0.2, -0.15) is 0 Å². The van der Waals surface area contributed by atoms with Crippen molar-refractivity contribution in [3.05, 3.63) is 24.3 Å². The Morgan fingerprint density at radius 1 is 1.46 bits per heavy atom. The van der Waals surface area contributed by atoms with E-state index in [-0.39, 0.29) is 0 Å². The third kappa shape index (κ3) is 2.47. The molecule has 4 nitrogen and oxygen atoms in total. The first-order valence-corrected chi connectivity index (χ1v) is 4.52. The van der Waals surface area contributed by atoms with Gasteiger partial charge in [0.1, 0.15) is 5.82 Å². The first-order valence-electron chi connectivity index (χ1n) is 4.52. The number of ether oxygens (including phenoxy) is 1. The highest BCUT2D eigenvalue weighted by molar-refractivity contribution is 4.88. The van der Waals surface area contributed by atoms with Gasteiger partial charge in [-0.1, -0.05) is 0 Å². The van der Waals surface area contributed by atoms with E-state index >= 15 is 0 Å². The van der Waals surface area contributed by atoms with Crippen molar-refractivity contribution in [2.75, 3.05) is 13.2 Å². The van der Waals surface area contributed by atoms with Crippen LogP contribution < -0.4 is 5.32 Å². The van der Waals surface area contributed by atoms with Gasteiger partial charge < -0.3 is 10.1 Å². The zero-order chi connectivity index (χ0) is 8.93. The van der Waals surface area contributed by atoms with Gasteiger partial charge in [-0.05, 0) is 12.5 Å². The van der Waals surface area contributed by atoms with E-state index in [0.29, 0.717) is 6.04 Å². The van der Waals surface area contributed by atoms with Crippen molar-refractivity contribution in [1.29, 1.82) is 0 Å². The predicted octanol–water partition coefficient (Wildman–Crippen LogP) is 0.355. The Labute approximate surface area is 77.4 Å². The van der Waals surface area contributed by atoms with Crippen molar-refractivity contribution in [1.82, 2.24) is 15.3 Å². The molecule has 0 aromatic carbocycles. The normalized spacial score (nSPS) is 22.0. The lowest BCUT2D eigenvalue weighted by molar-refractivity contribution is 0.189. The van der Waals surface area contributed by atoms with Gasteiger partial charge in [0.25, 0.3) is 0 Å². The standard InChI is InChI=1S/C9H13N3O/c1-3-10-9(11-4-1)6-12-8-2-5-13-7-8/h1,3-4,8,12H,2,5-7H2. The minimum Gasteiger partial charge on any atom is -0.380 e. The van der Waals surface area contributed by atoms with Crippen LogP contribution in [-0.4, -0.2) is 29.2 Å². The van der Waals surface area contributed by atoms with Gasteiger partial charge in [-0.3, -0.25) is 0 Å². The van der Waals surface area contributed by atoms with Crippen LogP contribution in [0, 0.1) is 0 Å². The molecule has 0 spiro atoms. The van der Waals surface area contributed by atoms with Crippen LogP contribution in [0.1, 0.15) is 12.2 Å². The zero-order valence-corrected chi connectivity index (χ0v) is 7.44. The second-order valence-corrected chi connectivity index (χ2v) is 3.11. The van der Waals surface area contributed by atoms with E-state index in [9.17, 15) is 0 Å². The second kappa shape index (κ2) is 4.30. The van der Waals surface area contributed by atoms with E-state index in [4.69, 9.17) is 4.74 Å². The molecule has 1 aliphatic rings. The average molecular weight is 179 g/mol. The van der Waals surface area contributed by atoms with Crippen LogP contribution in [-0.2, 0) is 11.3 Å². The number of hydrogen-bond donors (Lipinski definition) is 1. The molecule has 0 bridgehead atoms. The highest BCUT2D eigenvalue weighted by Crippen LogP contribution is 2.03. The van der Waals surface area contributed by atoms with Crippen molar-refractivity contribution >= 4 is 0 Å². The fourth-order valence-electron chi connectivity index (χ4n) is 1.35. The summed E-state index contributed by atoms with van der Waals surface area (Å²) in [7, 11) is 0. The van der Waals surface area contributed by atoms with E-state index in [0.717, 1.165) is 32.0 Å². The lowest BCUT2D eigenvalue weighted by Crippen LogP contribution is -2.29. The zero-order valence-electron chi connectivity index (χ0n) is 7.44. The minimum absolute atomic E-state index is 0.476. The van der Waals surface area contributed by atoms with Crippen molar-refractivity contribution in [2.24, 2.45) is 0 Å². The van der Waals surface area contributed by atoms with Gasteiger partial charge in [0.2, 0.25) is 0 Å². The second-order valence-electron chi connectivity index (χ2n) is 3.11. The van der Waals surface area contributed by atoms with Crippen LogP contribution in [0.2, 0.25) is 0 Å². The predicted molar refractivity (Wildman–Crippen MR) is 48.1 cm³/mol. The average Bonchev–Trinajstić information content (AvgIpc) is 2.69. The Bertz CT molecular complexity index is 246. The largest absolute Gasteiger partial charge is 0.380 e. The number of nitrogens with one attached hydrogen (secondary N) is 1. The van der Waals surface area contributed by atoms with Crippen LogP contribution in [0.3, 0.4) is 0 Å². The van der Waals surface area contributed by atoms with Crippen molar-refractivity contribution < 1.29 is 4.74 Å². The Kier molecular flexibility index (Phi) is 2.84. The molecule has 0 amide bonds. The number of nitrogens with zero attached hydrogens (tertiary/aromatic N) is 2. The highest BCUT2D eigenvalue weighted by Gasteiger charge is 2.14. The Balaban J connectivity index is 1.79. The highest BCUT2D eigenvalue weighted by atomic mass is 16.5. The molecule has 1 N–H and O–H groups in total. The molecular formula is C9H13N3O. The van der Waals surface area contributed by atoms with E-state index in [2.05, 4.69) is 15.3 Å². The van der Waals surface area contributed by atoms with Gasteiger partial charge in [0, 0.05) is 25.0 Å². The molecule has 13 heavy (non-hydrogen) atoms. The quantitative estimate of drug-likeness (QED) is 0.727. The summed E-state index contributed by atoms with van der Waals surface area (Å²) in [5.41, 5.74) is 0. The van der Waals surface area contributed by atoms with Gasteiger partial charge >= 0.3 is 0 Å². The first-order chi connectivity index (χ1) is 6.45. The summed E-state index contributed by atoms with van der Waals surface area (Å²) < 4.78 is 5.24. The molecule has 2 rings (SSSR count). The molecule has 1 aromatic heterocycles. The smallest absolute Gasteiger partial charge is 0.141 e. The van der Waals surface area contributed by atoms with Crippen LogP contribution in [0.25, 0.3) is 0 Å². The van der Waals surface area contributed by atoms with E-state index in [1.165, 1.54) is 0 Å². The molecule has 0 saturated carbocycles. The summed E-state index contributed by atoms with van der Waals surface area (Å²) in [6.07, 6.45) is 4.61. The van der Waals surface area contributed by atoms with Crippen molar-refractivity contribution in [3.63, 3.8) is 0 Å². The monoisotopic (exact) mass is 179 g/mol. The summed E-state index contributed by atoms with van der Waals surface area (Å²) in [6.45, 7) is 2.41. The summed E-state index contributed by atoms with van der Waals surface area (Å²) in [5.74, 6) is 0.842. The van der Waals surface area contributed by atoms with Crippen molar-refractivity contribution in [2.45, 2.75) is 19.0 Å². The lowest BCUT2D eigenvalue weighted by atomic mass is 10.2. The van der Waals surface area contributed by atoms with Gasteiger partial charge in [-0.15, -0.1) is 0 Å². The lowest BCUT2D eigenvalue weighted by Gasteiger charge is -2.08. The fraction of sp³-hybridized carbons (Fsp3) is 0.556. The fourth-order valence-corrected chi connectivity index (χ4v) is 1.35.